The van der Waals surface area contributed by atoms with Gasteiger partial charge in [0, 0.05) is 17.5 Å². The van der Waals surface area contributed by atoms with E-state index in [0.29, 0.717) is 29.6 Å². The zero-order valence-corrected chi connectivity index (χ0v) is 14.7. The van der Waals surface area contributed by atoms with Crippen molar-refractivity contribution in [2.24, 2.45) is 10.7 Å². The molecule has 1 aromatic heterocycles. The summed E-state index contributed by atoms with van der Waals surface area (Å²) in [6, 6.07) is 6.71. The number of amides is 1. The van der Waals surface area contributed by atoms with E-state index in [2.05, 4.69) is 20.6 Å². The molecule has 2 rings (SSSR count). The van der Waals surface area contributed by atoms with Crippen LogP contribution in [0.15, 0.2) is 34.6 Å². The number of carbonyl (C=O) groups is 1. The highest BCUT2D eigenvalue weighted by Gasteiger charge is 2.33. The number of hydrogen-bond acceptors (Lipinski definition) is 4. The molecule has 10 heteroatoms. The molecule has 1 aromatic carbocycles. The fourth-order valence-corrected chi connectivity index (χ4v) is 2.71. The van der Waals surface area contributed by atoms with Crippen LogP contribution in [0.5, 0.6) is 0 Å². The summed E-state index contributed by atoms with van der Waals surface area (Å²) >= 11 is 0.935. The molecule has 0 unspecified atom stereocenters. The SMILES string of the molecule is CCNC(=NCc1ccc(C(N)=O)cc1)NCc1nc(C(F)(F)F)cs1. The molecule has 0 atom stereocenters. The molecular formula is C16H18F3N5OS. The van der Waals surface area contributed by atoms with E-state index in [0.717, 1.165) is 22.3 Å². The maximum atomic E-state index is 12.6. The maximum absolute atomic E-state index is 12.6. The summed E-state index contributed by atoms with van der Waals surface area (Å²) in [5.41, 5.74) is 5.57. The molecule has 0 aliphatic carbocycles. The lowest BCUT2D eigenvalue weighted by atomic mass is 10.1. The Morgan fingerprint density at radius 2 is 1.96 bits per heavy atom. The largest absolute Gasteiger partial charge is 0.434 e. The number of aromatic nitrogens is 1. The van der Waals surface area contributed by atoms with E-state index >= 15 is 0 Å². The lowest BCUT2D eigenvalue weighted by Gasteiger charge is -2.10. The highest BCUT2D eigenvalue weighted by atomic mass is 32.1. The minimum absolute atomic E-state index is 0.132. The summed E-state index contributed by atoms with van der Waals surface area (Å²) in [4.78, 5) is 19.0. The number of rotatable bonds is 6. The van der Waals surface area contributed by atoms with Crippen LogP contribution >= 0.6 is 11.3 Å². The van der Waals surface area contributed by atoms with Gasteiger partial charge in [0.15, 0.2) is 11.7 Å². The quantitative estimate of drug-likeness (QED) is 0.526. The van der Waals surface area contributed by atoms with Crippen molar-refractivity contribution in [2.75, 3.05) is 6.54 Å². The van der Waals surface area contributed by atoms with E-state index in [1.54, 1.807) is 24.3 Å². The molecule has 0 saturated carbocycles. The third-order valence-electron chi connectivity index (χ3n) is 3.25. The third kappa shape index (κ3) is 5.73. The van der Waals surface area contributed by atoms with E-state index in [4.69, 9.17) is 5.73 Å². The van der Waals surface area contributed by atoms with Gasteiger partial charge in [0.05, 0.1) is 13.1 Å². The van der Waals surface area contributed by atoms with Crippen molar-refractivity contribution < 1.29 is 18.0 Å². The molecule has 0 saturated heterocycles. The van der Waals surface area contributed by atoms with Crippen molar-refractivity contribution in [1.29, 1.82) is 0 Å². The second-order valence-corrected chi connectivity index (χ2v) is 6.18. The van der Waals surface area contributed by atoms with Crippen molar-refractivity contribution in [1.82, 2.24) is 15.6 Å². The fraction of sp³-hybridized carbons (Fsp3) is 0.312. The molecule has 0 bridgehead atoms. The summed E-state index contributed by atoms with van der Waals surface area (Å²) in [5, 5.41) is 7.26. The summed E-state index contributed by atoms with van der Waals surface area (Å²) < 4.78 is 37.7. The number of carbonyl (C=O) groups excluding carboxylic acids is 1. The van der Waals surface area contributed by atoms with Crippen LogP contribution < -0.4 is 16.4 Å². The minimum atomic E-state index is -4.44. The topological polar surface area (TPSA) is 92.4 Å². The Hall–Kier alpha value is -2.62. The number of benzene rings is 1. The van der Waals surface area contributed by atoms with Gasteiger partial charge in [-0.1, -0.05) is 12.1 Å². The molecule has 1 heterocycles. The number of thiazole rings is 1. The summed E-state index contributed by atoms with van der Waals surface area (Å²) in [6.45, 7) is 2.94. The van der Waals surface area contributed by atoms with Gasteiger partial charge in [0.2, 0.25) is 5.91 Å². The highest BCUT2D eigenvalue weighted by Crippen LogP contribution is 2.29. The Morgan fingerprint density at radius 1 is 1.27 bits per heavy atom. The van der Waals surface area contributed by atoms with Gasteiger partial charge >= 0.3 is 6.18 Å². The second kappa shape index (κ2) is 8.65. The van der Waals surface area contributed by atoms with Crippen LogP contribution in [-0.4, -0.2) is 23.4 Å². The number of primary amides is 1. The monoisotopic (exact) mass is 385 g/mol. The molecule has 0 radical (unpaired) electrons. The Bertz CT molecular complexity index is 771. The average molecular weight is 385 g/mol. The summed E-state index contributed by atoms with van der Waals surface area (Å²) in [6.07, 6.45) is -4.44. The van der Waals surface area contributed by atoms with Crippen LogP contribution in [0.1, 0.15) is 33.5 Å². The smallest absolute Gasteiger partial charge is 0.366 e. The number of nitrogens with one attached hydrogen (secondary N) is 2. The van der Waals surface area contributed by atoms with Crippen LogP contribution in [0.4, 0.5) is 13.2 Å². The molecule has 0 spiro atoms. The predicted octanol–water partition coefficient (Wildman–Crippen LogP) is 2.52. The number of aliphatic imine (C=N–C) groups is 1. The molecule has 4 N–H and O–H groups in total. The molecule has 26 heavy (non-hydrogen) atoms. The summed E-state index contributed by atoms with van der Waals surface area (Å²) in [7, 11) is 0. The zero-order valence-electron chi connectivity index (χ0n) is 13.9. The van der Waals surface area contributed by atoms with Gasteiger partial charge in [-0.25, -0.2) is 9.98 Å². The molecule has 1 amide bonds. The normalized spacial score (nSPS) is 12.1. The molecule has 2 aromatic rings. The van der Waals surface area contributed by atoms with Gasteiger partial charge in [0.25, 0.3) is 0 Å². The van der Waals surface area contributed by atoms with E-state index < -0.39 is 17.8 Å². The fourth-order valence-electron chi connectivity index (χ4n) is 1.97. The molecule has 0 aliphatic heterocycles. The van der Waals surface area contributed by atoms with E-state index in [9.17, 15) is 18.0 Å². The Morgan fingerprint density at radius 3 is 2.50 bits per heavy atom. The van der Waals surface area contributed by atoms with Gasteiger partial charge in [-0.05, 0) is 24.6 Å². The maximum Gasteiger partial charge on any atom is 0.434 e. The Labute approximate surface area is 152 Å². The number of alkyl halides is 3. The van der Waals surface area contributed by atoms with Crippen LogP contribution in [0, 0.1) is 0 Å². The second-order valence-electron chi connectivity index (χ2n) is 5.23. The number of hydrogen-bond donors (Lipinski definition) is 3. The first kappa shape index (κ1) is 19.7. The van der Waals surface area contributed by atoms with Crippen LogP contribution in [0.3, 0.4) is 0 Å². The van der Waals surface area contributed by atoms with Crippen LogP contribution in [0.25, 0.3) is 0 Å². The minimum Gasteiger partial charge on any atom is -0.366 e. The zero-order chi connectivity index (χ0) is 19.2. The first-order valence-corrected chi connectivity index (χ1v) is 8.60. The van der Waals surface area contributed by atoms with Crippen molar-refractivity contribution in [3.63, 3.8) is 0 Å². The van der Waals surface area contributed by atoms with Gasteiger partial charge in [-0.2, -0.15) is 13.2 Å². The van der Waals surface area contributed by atoms with Crippen LogP contribution in [0.2, 0.25) is 0 Å². The van der Waals surface area contributed by atoms with Crippen molar-refractivity contribution in [3.05, 3.63) is 51.5 Å². The number of halogens is 3. The van der Waals surface area contributed by atoms with E-state index in [-0.39, 0.29) is 6.54 Å². The van der Waals surface area contributed by atoms with E-state index in [1.165, 1.54) is 0 Å². The molecule has 0 fully saturated rings. The number of guanidine groups is 1. The number of nitrogens with zero attached hydrogens (tertiary/aromatic N) is 2. The molecule has 140 valence electrons. The van der Waals surface area contributed by atoms with Gasteiger partial charge in [-0.15, -0.1) is 11.3 Å². The lowest BCUT2D eigenvalue weighted by molar-refractivity contribution is -0.140. The van der Waals surface area contributed by atoms with Gasteiger partial charge in [-0.3, -0.25) is 4.79 Å². The first-order valence-electron chi connectivity index (χ1n) is 7.72. The summed E-state index contributed by atoms with van der Waals surface area (Å²) in [5.74, 6) is -0.0491. The van der Waals surface area contributed by atoms with Crippen molar-refractivity contribution in [2.45, 2.75) is 26.2 Å². The molecule has 6 nitrogen and oxygen atoms in total. The Balaban J connectivity index is 1.98. The van der Waals surface area contributed by atoms with E-state index in [1.807, 2.05) is 6.92 Å². The van der Waals surface area contributed by atoms with Crippen molar-refractivity contribution >= 4 is 23.2 Å². The predicted molar refractivity (Wildman–Crippen MR) is 93.7 cm³/mol. The van der Waals surface area contributed by atoms with Gasteiger partial charge < -0.3 is 16.4 Å². The Kier molecular flexibility index (Phi) is 6.56. The standard InChI is InChI=1S/C16H18F3N5OS/c1-2-21-15(22-7-10-3-5-11(6-4-10)14(20)25)23-8-13-24-12(9-26-13)16(17,18)19/h3-6,9H,2,7-8H2,1H3,(H2,20,25)(H2,21,22,23). The average Bonchev–Trinajstić information content (AvgIpc) is 3.07. The highest BCUT2D eigenvalue weighted by molar-refractivity contribution is 7.09. The first-order chi connectivity index (χ1) is 12.3. The number of nitrogens with two attached hydrogens (primary N) is 1. The molecule has 0 aliphatic rings. The van der Waals surface area contributed by atoms with Crippen molar-refractivity contribution in [3.8, 4) is 0 Å². The van der Waals surface area contributed by atoms with Crippen LogP contribution in [-0.2, 0) is 19.3 Å². The van der Waals surface area contributed by atoms with Gasteiger partial charge in [0.1, 0.15) is 5.01 Å². The third-order valence-corrected chi connectivity index (χ3v) is 4.10. The lowest BCUT2D eigenvalue weighted by Crippen LogP contribution is -2.36. The molecular weight excluding hydrogens is 367 g/mol.